The lowest BCUT2D eigenvalue weighted by molar-refractivity contribution is -0.130. The van der Waals surface area contributed by atoms with Crippen molar-refractivity contribution >= 4 is 5.91 Å². The molecule has 128 valence electrons. The summed E-state index contributed by atoms with van der Waals surface area (Å²) in [5, 5.41) is 12.3. The number of hydrogen-bond donors (Lipinski definition) is 1. The van der Waals surface area contributed by atoms with Crippen LogP contribution in [0.1, 0.15) is 43.7 Å². The Morgan fingerprint density at radius 2 is 2.17 bits per heavy atom. The second-order valence-corrected chi connectivity index (χ2v) is 6.71. The average Bonchev–Trinajstić information content (AvgIpc) is 3.02. The van der Waals surface area contributed by atoms with Crippen LogP contribution in [0.15, 0.2) is 24.4 Å². The van der Waals surface area contributed by atoms with Crippen LogP contribution in [0.3, 0.4) is 0 Å². The lowest BCUT2D eigenvalue weighted by atomic mass is 9.84. The molecule has 5 nitrogen and oxygen atoms in total. The molecule has 0 unspecified atom stereocenters. The van der Waals surface area contributed by atoms with Crippen molar-refractivity contribution in [1.29, 1.82) is 5.26 Å². The van der Waals surface area contributed by atoms with Gasteiger partial charge in [0, 0.05) is 30.3 Å². The van der Waals surface area contributed by atoms with Crippen LogP contribution in [0.4, 0.5) is 4.39 Å². The van der Waals surface area contributed by atoms with Crippen LogP contribution >= 0.6 is 0 Å². The maximum absolute atomic E-state index is 13.4. The minimum Gasteiger partial charge on any atom is -0.323 e. The van der Waals surface area contributed by atoms with E-state index in [1.165, 1.54) is 4.90 Å². The van der Waals surface area contributed by atoms with Gasteiger partial charge >= 0.3 is 0 Å². The normalized spacial score (nSPS) is 30.1. The van der Waals surface area contributed by atoms with E-state index in [-0.39, 0.29) is 25.4 Å². The summed E-state index contributed by atoms with van der Waals surface area (Å²) < 4.78 is 13.4. The minimum absolute atomic E-state index is 0.0468. The first-order valence-electron chi connectivity index (χ1n) is 8.65. The molecule has 1 aliphatic carbocycles. The van der Waals surface area contributed by atoms with Crippen molar-refractivity contribution in [3.63, 3.8) is 0 Å². The lowest BCUT2D eigenvalue weighted by Gasteiger charge is -2.29. The highest BCUT2D eigenvalue weighted by Crippen LogP contribution is 2.31. The molecule has 1 saturated carbocycles. The van der Waals surface area contributed by atoms with Gasteiger partial charge in [-0.2, -0.15) is 5.26 Å². The fourth-order valence-corrected chi connectivity index (χ4v) is 3.73. The van der Waals surface area contributed by atoms with Crippen molar-refractivity contribution in [2.75, 3.05) is 13.1 Å². The topological polar surface area (TPSA) is 69.0 Å². The molecule has 2 heterocycles. The van der Waals surface area contributed by atoms with Gasteiger partial charge in [0.1, 0.15) is 12.2 Å². The molecule has 1 saturated heterocycles. The Kier molecular flexibility index (Phi) is 5.41. The summed E-state index contributed by atoms with van der Waals surface area (Å²) in [4.78, 5) is 18.0. The first-order chi connectivity index (χ1) is 11.7. The third-order valence-electron chi connectivity index (χ3n) is 5.09. The number of aromatic nitrogens is 1. The van der Waals surface area contributed by atoms with Crippen LogP contribution in [-0.4, -0.2) is 47.1 Å². The molecule has 2 fully saturated rings. The molecule has 0 aromatic carbocycles. The molecular formula is C18H23FN4O. The van der Waals surface area contributed by atoms with E-state index in [1.54, 1.807) is 0 Å². The zero-order valence-electron chi connectivity index (χ0n) is 13.7. The molecule has 0 radical (unpaired) electrons. The molecule has 6 heteroatoms. The first-order valence-corrected chi connectivity index (χ1v) is 8.65. The number of nitriles is 1. The molecule has 2 atom stereocenters. The molecule has 2 aliphatic rings. The van der Waals surface area contributed by atoms with Crippen molar-refractivity contribution in [3.05, 3.63) is 30.1 Å². The molecule has 1 N–H and O–H groups in total. The van der Waals surface area contributed by atoms with Crippen molar-refractivity contribution in [1.82, 2.24) is 15.2 Å². The zero-order valence-corrected chi connectivity index (χ0v) is 13.7. The molecule has 24 heavy (non-hydrogen) atoms. The Balaban J connectivity index is 1.44. The summed E-state index contributed by atoms with van der Waals surface area (Å²) in [7, 11) is 0. The number of carbonyl (C=O) groups is 1. The summed E-state index contributed by atoms with van der Waals surface area (Å²) in [6.07, 6.45) is 5.01. The number of likely N-dealkylation sites (tertiary alicyclic amines) is 1. The van der Waals surface area contributed by atoms with E-state index in [0.29, 0.717) is 12.0 Å². The van der Waals surface area contributed by atoms with E-state index < -0.39 is 12.2 Å². The van der Waals surface area contributed by atoms with Crippen LogP contribution in [0.2, 0.25) is 0 Å². The van der Waals surface area contributed by atoms with Gasteiger partial charge in [-0.15, -0.1) is 0 Å². The van der Waals surface area contributed by atoms with Gasteiger partial charge in [0.05, 0.1) is 19.2 Å². The van der Waals surface area contributed by atoms with Gasteiger partial charge in [-0.25, -0.2) is 4.39 Å². The fourth-order valence-electron chi connectivity index (χ4n) is 3.73. The van der Waals surface area contributed by atoms with E-state index in [4.69, 9.17) is 5.26 Å². The number of rotatable bonds is 4. The Labute approximate surface area is 141 Å². The lowest BCUT2D eigenvalue weighted by Crippen LogP contribution is -2.44. The van der Waals surface area contributed by atoms with Crippen LogP contribution < -0.4 is 5.32 Å². The maximum Gasteiger partial charge on any atom is 0.237 e. The third-order valence-corrected chi connectivity index (χ3v) is 5.09. The zero-order chi connectivity index (χ0) is 16.9. The average molecular weight is 330 g/mol. The van der Waals surface area contributed by atoms with Crippen LogP contribution in [0, 0.1) is 11.3 Å². The predicted octanol–water partition coefficient (Wildman–Crippen LogP) is 2.16. The van der Waals surface area contributed by atoms with Crippen molar-refractivity contribution < 1.29 is 9.18 Å². The van der Waals surface area contributed by atoms with Gasteiger partial charge in [0.25, 0.3) is 0 Å². The summed E-state index contributed by atoms with van der Waals surface area (Å²) in [5.41, 5.74) is 1.15. The standard InChI is InChI=1S/C18H23FN4O/c19-14-9-16(10-20)23(12-14)18(24)11-22-15-6-4-13(5-7-15)17-3-1-2-8-21-17/h1-3,8,13-16,22H,4-7,9,11-12H2/t13-,14-,15+,16-/m0/s1. The molecular weight excluding hydrogens is 307 g/mol. The Morgan fingerprint density at radius 3 is 2.83 bits per heavy atom. The van der Waals surface area contributed by atoms with Gasteiger partial charge in [0.2, 0.25) is 5.91 Å². The summed E-state index contributed by atoms with van der Waals surface area (Å²) in [6.45, 7) is 0.231. The largest absolute Gasteiger partial charge is 0.323 e. The maximum atomic E-state index is 13.4. The highest BCUT2D eigenvalue weighted by atomic mass is 19.1. The second-order valence-electron chi connectivity index (χ2n) is 6.71. The minimum atomic E-state index is -1.08. The van der Waals surface area contributed by atoms with Gasteiger partial charge in [-0.05, 0) is 37.8 Å². The van der Waals surface area contributed by atoms with Gasteiger partial charge in [-0.3, -0.25) is 9.78 Å². The van der Waals surface area contributed by atoms with Gasteiger partial charge in [-0.1, -0.05) is 6.07 Å². The number of nitrogens with one attached hydrogen (secondary N) is 1. The van der Waals surface area contributed by atoms with E-state index in [9.17, 15) is 9.18 Å². The number of carbonyl (C=O) groups excluding carboxylic acids is 1. The van der Waals surface area contributed by atoms with Crippen LogP contribution in [-0.2, 0) is 4.79 Å². The van der Waals surface area contributed by atoms with Crippen LogP contribution in [0.25, 0.3) is 0 Å². The quantitative estimate of drug-likeness (QED) is 0.918. The van der Waals surface area contributed by atoms with E-state index in [1.807, 2.05) is 24.4 Å². The summed E-state index contributed by atoms with van der Waals surface area (Å²) >= 11 is 0. The third kappa shape index (κ3) is 3.90. The number of halogens is 1. The molecule has 1 aliphatic heterocycles. The first kappa shape index (κ1) is 16.8. The molecule has 1 aromatic rings. The fraction of sp³-hybridized carbons (Fsp3) is 0.611. The molecule has 3 rings (SSSR count). The number of hydrogen-bond acceptors (Lipinski definition) is 4. The van der Waals surface area contributed by atoms with E-state index in [2.05, 4.69) is 16.4 Å². The molecule has 1 amide bonds. The van der Waals surface area contributed by atoms with Gasteiger partial charge in [0.15, 0.2) is 0 Å². The SMILES string of the molecule is N#C[C@@H]1C[C@H](F)CN1C(=O)CN[C@H]1CC[C@@H](c2ccccn2)CC1. The number of nitrogens with zero attached hydrogens (tertiary/aromatic N) is 3. The van der Waals surface area contributed by atoms with E-state index in [0.717, 1.165) is 31.4 Å². The Hall–Kier alpha value is -2.00. The van der Waals surface area contributed by atoms with Crippen molar-refractivity contribution in [2.45, 2.75) is 56.3 Å². The smallest absolute Gasteiger partial charge is 0.237 e. The number of amides is 1. The predicted molar refractivity (Wildman–Crippen MR) is 87.9 cm³/mol. The van der Waals surface area contributed by atoms with E-state index >= 15 is 0 Å². The van der Waals surface area contributed by atoms with Crippen molar-refractivity contribution in [2.24, 2.45) is 0 Å². The summed E-state index contributed by atoms with van der Waals surface area (Å²) in [6, 6.07) is 7.73. The highest BCUT2D eigenvalue weighted by Gasteiger charge is 2.35. The van der Waals surface area contributed by atoms with Gasteiger partial charge < -0.3 is 10.2 Å². The van der Waals surface area contributed by atoms with Crippen molar-refractivity contribution in [3.8, 4) is 6.07 Å². The second kappa shape index (κ2) is 7.71. The highest BCUT2D eigenvalue weighted by molar-refractivity contribution is 5.79. The Morgan fingerprint density at radius 1 is 1.38 bits per heavy atom. The van der Waals surface area contributed by atoms with Crippen LogP contribution in [0.5, 0.6) is 0 Å². The molecule has 1 aromatic heterocycles. The summed E-state index contributed by atoms with van der Waals surface area (Å²) in [5.74, 6) is 0.322. The molecule has 0 bridgehead atoms. The Bertz CT molecular complexity index is 595. The molecule has 0 spiro atoms. The number of alkyl halides is 1. The monoisotopic (exact) mass is 330 g/mol. The number of pyridine rings is 1.